The summed E-state index contributed by atoms with van der Waals surface area (Å²) in [5, 5.41) is 75.8. The van der Waals surface area contributed by atoms with Gasteiger partial charge in [0.15, 0.2) is 18.7 Å². The van der Waals surface area contributed by atoms with E-state index in [1.54, 1.807) is 13.8 Å². The lowest BCUT2D eigenvalue weighted by atomic mass is 9.84. The number of ether oxygens (including phenoxy) is 8. The van der Waals surface area contributed by atoms with E-state index in [9.17, 15) is 45.5 Å². The molecule has 0 amide bonds. The van der Waals surface area contributed by atoms with Crippen LogP contribution in [0.25, 0.3) is 0 Å². The van der Waals surface area contributed by atoms with E-state index in [4.69, 9.17) is 37.9 Å². The predicted molar refractivity (Wildman–Crippen MR) is 155 cm³/mol. The van der Waals surface area contributed by atoms with E-state index >= 15 is 0 Å². The van der Waals surface area contributed by atoms with Gasteiger partial charge in [0.1, 0.15) is 30.5 Å². The van der Waals surface area contributed by atoms with Gasteiger partial charge < -0.3 is 78.7 Å². The highest BCUT2D eigenvalue weighted by atomic mass is 17.1. The summed E-state index contributed by atoms with van der Waals surface area (Å²) in [7, 11) is 1.36. The fraction of sp³-hybridized carbons (Fsp3) is 0.933. The van der Waals surface area contributed by atoms with Gasteiger partial charge in [0, 0.05) is 32.8 Å². The molecule has 48 heavy (non-hydrogen) atoms. The van der Waals surface area contributed by atoms with Gasteiger partial charge in [-0.2, -0.15) is 0 Å². The maximum atomic E-state index is 11.8. The van der Waals surface area contributed by atoms with Gasteiger partial charge in [0.05, 0.1) is 69.5 Å². The fourth-order valence-electron chi connectivity index (χ4n) is 6.61. The van der Waals surface area contributed by atoms with Gasteiger partial charge in [-0.25, -0.2) is 0 Å². The maximum absolute atomic E-state index is 11.8. The van der Waals surface area contributed by atoms with E-state index in [-0.39, 0.29) is 26.2 Å². The number of hydrogen-bond donors (Lipinski definition) is 6. The van der Waals surface area contributed by atoms with Crippen LogP contribution < -0.4 is 5.26 Å². The van der Waals surface area contributed by atoms with Crippen molar-refractivity contribution >= 4 is 11.9 Å². The van der Waals surface area contributed by atoms with Gasteiger partial charge in [-0.15, -0.1) is 0 Å². The molecule has 3 rings (SSSR count). The minimum Gasteiger partial charge on any atom is -0.723 e. The molecule has 6 N–H and O–H groups in total. The van der Waals surface area contributed by atoms with E-state index in [0.29, 0.717) is 6.42 Å². The van der Waals surface area contributed by atoms with Crippen LogP contribution in [-0.4, -0.2) is 162 Å². The Bertz CT molecular complexity index is 983. The van der Waals surface area contributed by atoms with E-state index in [2.05, 4.69) is 4.89 Å². The van der Waals surface area contributed by atoms with Crippen LogP contribution in [-0.2, 0) is 52.4 Å². The zero-order chi connectivity index (χ0) is 35.7. The van der Waals surface area contributed by atoms with Crippen LogP contribution in [0.5, 0.6) is 0 Å². The molecule has 18 nitrogen and oxygen atoms in total. The number of hydrogen-bond acceptors (Lipinski definition) is 18. The molecule has 3 aliphatic rings. The summed E-state index contributed by atoms with van der Waals surface area (Å²) >= 11 is 0. The summed E-state index contributed by atoms with van der Waals surface area (Å²) in [6, 6.07) is 0. The standard InChI is InChI=1S/C30H52O18/c1-6-15-22(34)19(8-31)45-21(26(15)43-13(3)32)12-41-9-16-24(36)25(37)30(47-27(16)18(7-2)48-39)42-10-17-23(35)20(11-40-5)46-29(38)28(17)44-14(4)33/h15-31,34-39H,6-12H2,1-5H3/p-1/t15-,16+,17-,18?,19?,20?,21+,22+,23+,24-,25?,26?,27?,28?,29-,30-/m1/s1. The van der Waals surface area contributed by atoms with E-state index in [0.717, 1.165) is 6.92 Å². The van der Waals surface area contributed by atoms with Crippen LogP contribution >= 0.6 is 0 Å². The average Bonchev–Trinajstić information content (AvgIpc) is 3.04. The summed E-state index contributed by atoms with van der Waals surface area (Å²) < 4.78 is 44.4. The number of carbonyl (C=O) groups excluding carboxylic acids is 2. The summed E-state index contributed by atoms with van der Waals surface area (Å²) in [4.78, 5) is 28.0. The first-order valence-electron chi connectivity index (χ1n) is 16.1. The molecule has 0 saturated carbocycles. The zero-order valence-corrected chi connectivity index (χ0v) is 27.8. The topological polar surface area (TPSA) is 262 Å². The molecule has 0 bridgehead atoms. The second-order valence-corrected chi connectivity index (χ2v) is 12.3. The minimum atomic E-state index is -1.71. The molecule has 0 spiro atoms. The Hall–Kier alpha value is -1.62. The monoisotopic (exact) mass is 699 g/mol. The first-order chi connectivity index (χ1) is 22.8. The van der Waals surface area contributed by atoms with Crippen molar-refractivity contribution in [1.29, 1.82) is 0 Å². The Labute approximate surface area is 278 Å². The van der Waals surface area contributed by atoms with Crippen molar-refractivity contribution in [3.05, 3.63) is 0 Å². The van der Waals surface area contributed by atoms with Crippen LogP contribution in [0.4, 0.5) is 0 Å². The summed E-state index contributed by atoms with van der Waals surface area (Å²) in [6.07, 6.45) is -15.9. The van der Waals surface area contributed by atoms with Crippen LogP contribution in [0, 0.1) is 17.8 Å². The van der Waals surface area contributed by atoms with Crippen LogP contribution in [0.2, 0.25) is 0 Å². The Morgan fingerprint density at radius 3 is 1.96 bits per heavy atom. The molecular formula is C30H51O18-. The largest absolute Gasteiger partial charge is 0.723 e. The molecule has 0 aromatic carbocycles. The number of aliphatic hydroxyl groups excluding tert-OH is 6. The molecular weight excluding hydrogens is 648 g/mol. The Balaban J connectivity index is 1.75. The van der Waals surface area contributed by atoms with E-state index in [1.807, 2.05) is 0 Å². The second-order valence-electron chi connectivity index (χ2n) is 12.3. The molecule has 0 aromatic rings. The summed E-state index contributed by atoms with van der Waals surface area (Å²) in [5.74, 6) is -4.07. The van der Waals surface area contributed by atoms with E-state index in [1.165, 1.54) is 14.0 Å². The number of methoxy groups -OCH3 is 1. The number of carbonyl (C=O) groups is 2. The summed E-state index contributed by atoms with van der Waals surface area (Å²) in [5.41, 5.74) is 0. The highest BCUT2D eigenvalue weighted by molar-refractivity contribution is 5.66. The average molecular weight is 700 g/mol. The molecule has 18 heteroatoms. The molecule has 0 radical (unpaired) electrons. The molecule has 3 aliphatic heterocycles. The first-order valence-corrected chi connectivity index (χ1v) is 16.1. The molecule has 7 unspecified atom stereocenters. The Morgan fingerprint density at radius 1 is 0.750 bits per heavy atom. The van der Waals surface area contributed by atoms with Gasteiger partial charge in [0.2, 0.25) is 0 Å². The van der Waals surface area contributed by atoms with Gasteiger partial charge in [0.25, 0.3) is 0 Å². The molecule has 16 atom stereocenters. The molecule has 0 aliphatic carbocycles. The van der Waals surface area contributed by atoms with Gasteiger partial charge in [-0.05, 0) is 12.8 Å². The van der Waals surface area contributed by atoms with Crippen molar-refractivity contribution in [2.75, 3.05) is 40.1 Å². The number of esters is 2. The maximum Gasteiger partial charge on any atom is 0.303 e. The normalized spacial score (nSPS) is 41.0. The fourth-order valence-corrected chi connectivity index (χ4v) is 6.61. The number of aliphatic hydroxyl groups is 6. The van der Waals surface area contributed by atoms with Gasteiger partial charge in [-0.1, -0.05) is 13.8 Å². The molecule has 0 aromatic heterocycles. The van der Waals surface area contributed by atoms with Crippen LogP contribution in [0.15, 0.2) is 0 Å². The molecule has 3 heterocycles. The number of rotatable bonds is 16. The second kappa shape index (κ2) is 19.1. The Morgan fingerprint density at radius 2 is 1.40 bits per heavy atom. The lowest BCUT2D eigenvalue weighted by Crippen LogP contribution is -2.62. The Kier molecular flexibility index (Phi) is 16.3. The molecule has 3 saturated heterocycles. The van der Waals surface area contributed by atoms with Gasteiger partial charge >= 0.3 is 11.9 Å². The van der Waals surface area contributed by atoms with Crippen molar-refractivity contribution in [1.82, 2.24) is 0 Å². The predicted octanol–water partition coefficient (Wildman–Crippen LogP) is -3.50. The van der Waals surface area contributed by atoms with E-state index < -0.39 is 123 Å². The van der Waals surface area contributed by atoms with Crippen molar-refractivity contribution in [2.24, 2.45) is 17.8 Å². The lowest BCUT2D eigenvalue weighted by molar-refractivity contribution is -0.707. The highest BCUT2D eigenvalue weighted by Gasteiger charge is 2.51. The van der Waals surface area contributed by atoms with Crippen LogP contribution in [0.1, 0.15) is 40.5 Å². The summed E-state index contributed by atoms with van der Waals surface area (Å²) in [6.45, 7) is 4.16. The third kappa shape index (κ3) is 9.79. The SMILES string of the molecule is CCC(O[O-])C1O[C@@H](OC[C@H]2C(OC(C)=O)[C@H](O)OC(COC)[C@H]2O)C(O)[C@H](O)[C@@H]1COC[C@@H]1OC(CO)[C@@H](O)[C@@H](CC)C1OC(C)=O. The third-order valence-electron chi connectivity index (χ3n) is 9.10. The molecule has 280 valence electrons. The van der Waals surface area contributed by atoms with Crippen molar-refractivity contribution in [3.8, 4) is 0 Å². The third-order valence-corrected chi connectivity index (χ3v) is 9.10. The smallest absolute Gasteiger partial charge is 0.303 e. The lowest BCUT2D eigenvalue weighted by Gasteiger charge is -2.47. The van der Waals surface area contributed by atoms with Gasteiger partial charge in [-0.3, -0.25) is 9.59 Å². The zero-order valence-electron chi connectivity index (χ0n) is 27.8. The highest BCUT2D eigenvalue weighted by Crippen LogP contribution is 2.35. The van der Waals surface area contributed by atoms with Crippen LogP contribution in [0.3, 0.4) is 0 Å². The first kappa shape index (κ1) is 40.8. The van der Waals surface area contributed by atoms with Crippen molar-refractivity contribution in [3.63, 3.8) is 0 Å². The quantitative estimate of drug-likeness (QED) is 0.0519. The van der Waals surface area contributed by atoms with Crippen molar-refractivity contribution < 1.29 is 88.3 Å². The minimum absolute atomic E-state index is 0.112. The molecule has 3 fully saturated rings. The van der Waals surface area contributed by atoms with Crippen molar-refractivity contribution in [2.45, 2.75) is 120 Å².